The number of rotatable bonds is 2. The fourth-order valence-corrected chi connectivity index (χ4v) is 0.696. The molecule has 1 saturated heterocycles. The third kappa shape index (κ3) is 1.71. The van der Waals surface area contributed by atoms with Crippen molar-refractivity contribution in [3.05, 3.63) is 0 Å². The molecule has 1 rings (SSSR count). The highest BCUT2D eigenvalue weighted by Crippen LogP contribution is 1.97. The van der Waals surface area contributed by atoms with Gasteiger partial charge >= 0.3 is 12.0 Å². The predicted octanol–water partition coefficient (Wildman–Crippen LogP) is -0.895. The van der Waals surface area contributed by atoms with E-state index in [0.29, 0.717) is 0 Å². The molecule has 0 saturated carbocycles. The molecule has 3 amide bonds. The number of amides is 3. The van der Waals surface area contributed by atoms with Crippen LogP contribution in [0.5, 0.6) is 0 Å². The Bertz CT molecular complexity index is 238. The molecule has 6 nitrogen and oxygen atoms in total. The zero-order valence-electron chi connectivity index (χ0n) is 6.42. The van der Waals surface area contributed by atoms with Crippen LogP contribution in [-0.2, 0) is 14.3 Å². The Morgan fingerprint density at radius 2 is 2.25 bits per heavy atom. The molecule has 0 aliphatic carbocycles. The van der Waals surface area contributed by atoms with Gasteiger partial charge in [-0.1, -0.05) is 6.92 Å². The van der Waals surface area contributed by atoms with Crippen molar-refractivity contribution in [3.8, 4) is 0 Å². The summed E-state index contributed by atoms with van der Waals surface area (Å²) in [7, 11) is 0. The number of imide groups is 1. The van der Waals surface area contributed by atoms with Gasteiger partial charge in [0.15, 0.2) is 0 Å². The van der Waals surface area contributed by atoms with Gasteiger partial charge in [0.25, 0.3) is 12.1 Å². The van der Waals surface area contributed by atoms with E-state index in [1.165, 1.54) is 0 Å². The average molecular weight is 172 g/mol. The summed E-state index contributed by atoms with van der Waals surface area (Å²) >= 11 is 0. The molecule has 2 N–H and O–H groups in total. The fourth-order valence-electron chi connectivity index (χ4n) is 0.696. The molecular weight excluding hydrogens is 164 g/mol. The van der Waals surface area contributed by atoms with Gasteiger partial charge in [0, 0.05) is 6.42 Å². The smallest absolute Gasteiger partial charge is 0.324 e. The number of ether oxygens (including phenoxy) is 1. The van der Waals surface area contributed by atoms with Crippen LogP contribution in [0.3, 0.4) is 0 Å². The van der Waals surface area contributed by atoms with Gasteiger partial charge < -0.3 is 4.74 Å². The minimum atomic E-state index is -1.16. The molecule has 6 heteroatoms. The molecule has 0 aromatic carbocycles. The Hall–Kier alpha value is -1.59. The molecule has 0 spiro atoms. The molecule has 0 aromatic rings. The summed E-state index contributed by atoms with van der Waals surface area (Å²) in [6.45, 7) is 1.59. The highest BCUT2D eigenvalue weighted by atomic mass is 16.6. The zero-order chi connectivity index (χ0) is 9.14. The largest absolute Gasteiger partial charge is 0.432 e. The van der Waals surface area contributed by atoms with E-state index in [1.54, 1.807) is 6.92 Å². The first-order valence-electron chi connectivity index (χ1n) is 3.44. The van der Waals surface area contributed by atoms with Crippen molar-refractivity contribution in [3.63, 3.8) is 0 Å². The van der Waals surface area contributed by atoms with Crippen molar-refractivity contribution in [2.24, 2.45) is 0 Å². The van der Waals surface area contributed by atoms with E-state index in [-0.39, 0.29) is 6.42 Å². The lowest BCUT2D eigenvalue weighted by Gasteiger charge is -2.06. The zero-order valence-corrected chi connectivity index (χ0v) is 6.42. The monoisotopic (exact) mass is 172 g/mol. The lowest BCUT2D eigenvalue weighted by molar-refractivity contribution is -0.154. The number of carbonyl (C=O) groups excluding carboxylic acids is 3. The molecule has 66 valence electrons. The topological polar surface area (TPSA) is 84.5 Å². The quantitative estimate of drug-likeness (QED) is 0.417. The van der Waals surface area contributed by atoms with E-state index >= 15 is 0 Å². The maximum atomic E-state index is 10.8. The van der Waals surface area contributed by atoms with Crippen LogP contribution in [0.1, 0.15) is 13.3 Å². The van der Waals surface area contributed by atoms with E-state index < -0.39 is 24.1 Å². The molecule has 1 unspecified atom stereocenters. The highest BCUT2D eigenvalue weighted by Gasteiger charge is 2.32. The summed E-state index contributed by atoms with van der Waals surface area (Å²) in [5.74, 6) is -1.17. The van der Waals surface area contributed by atoms with Gasteiger partial charge in [0.2, 0.25) is 0 Å². The van der Waals surface area contributed by atoms with Crippen LogP contribution in [0.25, 0.3) is 0 Å². The first-order valence-corrected chi connectivity index (χ1v) is 3.44. The molecule has 1 fully saturated rings. The number of esters is 1. The maximum absolute atomic E-state index is 10.8. The van der Waals surface area contributed by atoms with Crippen LogP contribution in [0.15, 0.2) is 0 Å². The van der Waals surface area contributed by atoms with E-state index in [4.69, 9.17) is 0 Å². The molecule has 12 heavy (non-hydrogen) atoms. The van der Waals surface area contributed by atoms with Gasteiger partial charge in [-0.15, -0.1) is 0 Å². The van der Waals surface area contributed by atoms with Crippen molar-refractivity contribution in [2.45, 2.75) is 19.6 Å². The molecule has 0 bridgehead atoms. The fraction of sp³-hybridized carbons (Fsp3) is 0.500. The number of nitrogens with one attached hydrogen (secondary N) is 2. The van der Waals surface area contributed by atoms with Crippen LogP contribution < -0.4 is 10.6 Å². The lowest BCUT2D eigenvalue weighted by Crippen LogP contribution is -2.33. The Labute approximate surface area is 68.3 Å². The third-order valence-electron chi connectivity index (χ3n) is 1.28. The van der Waals surface area contributed by atoms with E-state index in [9.17, 15) is 14.4 Å². The molecular formula is C6H8N2O4. The molecule has 1 aliphatic heterocycles. The van der Waals surface area contributed by atoms with Crippen molar-refractivity contribution >= 4 is 17.9 Å². The van der Waals surface area contributed by atoms with Crippen LogP contribution in [0.4, 0.5) is 4.79 Å². The van der Waals surface area contributed by atoms with E-state index in [2.05, 4.69) is 10.1 Å². The number of hydrogen-bond acceptors (Lipinski definition) is 4. The van der Waals surface area contributed by atoms with Gasteiger partial charge in [-0.25, -0.2) is 4.79 Å². The second-order valence-corrected chi connectivity index (χ2v) is 2.19. The maximum Gasteiger partial charge on any atom is 0.324 e. The Morgan fingerprint density at radius 3 is 2.67 bits per heavy atom. The Balaban J connectivity index is 2.48. The molecule has 0 radical (unpaired) electrons. The van der Waals surface area contributed by atoms with Gasteiger partial charge in [-0.3, -0.25) is 20.2 Å². The van der Waals surface area contributed by atoms with Crippen molar-refractivity contribution < 1.29 is 19.1 Å². The van der Waals surface area contributed by atoms with E-state index in [1.807, 2.05) is 5.32 Å². The summed E-state index contributed by atoms with van der Waals surface area (Å²) in [5.41, 5.74) is 0. The molecule has 0 aromatic heterocycles. The lowest BCUT2D eigenvalue weighted by atomic mass is 10.5. The average Bonchev–Trinajstić information content (AvgIpc) is 2.30. The molecule has 1 aliphatic rings. The SMILES string of the molecule is CCC(=O)OC1NC(=O)NC1=O. The second kappa shape index (κ2) is 3.21. The first kappa shape index (κ1) is 8.51. The standard InChI is InChI=1S/C6H8N2O4/c1-2-3(9)12-5-4(10)7-6(11)8-5/h5H,2H2,1H3,(H2,7,8,10,11). The van der Waals surface area contributed by atoms with Crippen LogP contribution in [0, 0.1) is 0 Å². The Kier molecular flexibility index (Phi) is 2.27. The van der Waals surface area contributed by atoms with Crippen molar-refractivity contribution in [2.75, 3.05) is 0 Å². The van der Waals surface area contributed by atoms with Crippen molar-refractivity contribution in [1.29, 1.82) is 0 Å². The number of hydrogen-bond donors (Lipinski definition) is 2. The predicted molar refractivity (Wildman–Crippen MR) is 36.8 cm³/mol. The van der Waals surface area contributed by atoms with Gasteiger partial charge in [-0.05, 0) is 0 Å². The number of carbonyl (C=O) groups is 3. The van der Waals surface area contributed by atoms with Gasteiger partial charge in [-0.2, -0.15) is 0 Å². The van der Waals surface area contributed by atoms with Crippen LogP contribution in [0.2, 0.25) is 0 Å². The third-order valence-corrected chi connectivity index (χ3v) is 1.28. The summed E-state index contributed by atoms with van der Waals surface area (Å²) in [6, 6.07) is -0.645. The van der Waals surface area contributed by atoms with Crippen LogP contribution in [-0.4, -0.2) is 24.1 Å². The summed E-state index contributed by atoms with van der Waals surface area (Å²) in [6.07, 6.45) is -0.996. The minimum absolute atomic E-state index is 0.166. The van der Waals surface area contributed by atoms with Crippen LogP contribution >= 0.6 is 0 Å². The first-order chi connectivity index (χ1) is 5.63. The summed E-state index contributed by atoms with van der Waals surface area (Å²) < 4.78 is 4.56. The number of urea groups is 1. The summed E-state index contributed by atoms with van der Waals surface area (Å²) in [4.78, 5) is 31.9. The van der Waals surface area contributed by atoms with Gasteiger partial charge in [0.05, 0.1) is 0 Å². The molecule has 1 heterocycles. The minimum Gasteiger partial charge on any atom is -0.432 e. The van der Waals surface area contributed by atoms with Gasteiger partial charge in [0.1, 0.15) is 0 Å². The second-order valence-electron chi connectivity index (χ2n) is 2.19. The Morgan fingerprint density at radius 1 is 1.58 bits per heavy atom. The molecule has 1 atom stereocenters. The van der Waals surface area contributed by atoms with E-state index in [0.717, 1.165) is 0 Å². The normalized spacial score (nSPS) is 21.6. The summed E-state index contributed by atoms with van der Waals surface area (Å²) in [5, 5.41) is 4.06. The highest BCUT2D eigenvalue weighted by molar-refractivity contribution is 6.03. The van der Waals surface area contributed by atoms with Crippen molar-refractivity contribution in [1.82, 2.24) is 10.6 Å².